The number of rotatable bonds is 9. The summed E-state index contributed by atoms with van der Waals surface area (Å²) in [5.41, 5.74) is 2.64. The summed E-state index contributed by atoms with van der Waals surface area (Å²) >= 11 is 0. The van der Waals surface area contributed by atoms with Crippen molar-refractivity contribution >= 4 is 0 Å². The van der Waals surface area contributed by atoms with Crippen LogP contribution in [0.1, 0.15) is 50.2 Å². The molecular weight excluding hydrogens is 362 g/mol. The SMILES string of the molecule is COc1ccc(CNCC[C@H](c2ccc(OC)cc2)[C@@H]2CCOC(C)(C)C2)cc1. The van der Waals surface area contributed by atoms with Gasteiger partial charge in [0.25, 0.3) is 0 Å². The van der Waals surface area contributed by atoms with Crippen LogP contribution in [0.5, 0.6) is 11.5 Å². The van der Waals surface area contributed by atoms with Crippen molar-refractivity contribution in [3.8, 4) is 11.5 Å². The summed E-state index contributed by atoms with van der Waals surface area (Å²) in [7, 11) is 3.42. The van der Waals surface area contributed by atoms with Crippen LogP contribution < -0.4 is 14.8 Å². The molecule has 0 bridgehead atoms. The molecule has 2 aromatic rings. The normalized spacial score (nSPS) is 19.5. The van der Waals surface area contributed by atoms with Gasteiger partial charge >= 0.3 is 0 Å². The average Bonchev–Trinajstić information content (AvgIpc) is 2.73. The van der Waals surface area contributed by atoms with Crippen molar-refractivity contribution in [1.29, 1.82) is 0 Å². The van der Waals surface area contributed by atoms with E-state index >= 15 is 0 Å². The molecule has 0 amide bonds. The summed E-state index contributed by atoms with van der Waals surface area (Å²) in [5.74, 6) is 2.97. The highest BCUT2D eigenvalue weighted by Gasteiger charge is 2.33. The molecule has 4 heteroatoms. The van der Waals surface area contributed by atoms with E-state index in [0.717, 1.165) is 50.5 Å². The van der Waals surface area contributed by atoms with Crippen LogP contribution in [0, 0.1) is 5.92 Å². The third kappa shape index (κ3) is 6.22. The third-order valence-electron chi connectivity index (χ3n) is 5.97. The lowest BCUT2D eigenvalue weighted by molar-refractivity contribution is -0.0771. The molecule has 158 valence electrons. The Balaban J connectivity index is 1.62. The molecule has 4 nitrogen and oxygen atoms in total. The van der Waals surface area contributed by atoms with Crippen LogP contribution in [0.2, 0.25) is 0 Å². The molecular formula is C25H35NO3. The molecule has 0 aliphatic carbocycles. The van der Waals surface area contributed by atoms with Gasteiger partial charge in [-0.15, -0.1) is 0 Å². The van der Waals surface area contributed by atoms with Gasteiger partial charge in [0.05, 0.1) is 19.8 Å². The van der Waals surface area contributed by atoms with E-state index in [2.05, 4.69) is 55.6 Å². The maximum atomic E-state index is 5.97. The zero-order chi connectivity index (χ0) is 20.7. The highest BCUT2D eigenvalue weighted by molar-refractivity contribution is 5.30. The predicted octanol–water partition coefficient (Wildman–Crippen LogP) is 5.17. The second-order valence-electron chi connectivity index (χ2n) is 8.55. The Bertz CT molecular complexity index is 740. The van der Waals surface area contributed by atoms with Crippen molar-refractivity contribution in [2.45, 2.75) is 51.2 Å². The van der Waals surface area contributed by atoms with Gasteiger partial charge < -0.3 is 19.5 Å². The number of hydrogen-bond acceptors (Lipinski definition) is 4. The van der Waals surface area contributed by atoms with Crippen LogP contribution in [0.25, 0.3) is 0 Å². The number of ether oxygens (including phenoxy) is 3. The van der Waals surface area contributed by atoms with Crippen LogP contribution >= 0.6 is 0 Å². The number of hydrogen-bond donors (Lipinski definition) is 1. The van der Waals surface area contributed by atoms with Gasteiger partial charge in [-0.1, -0.05) is 24.3 Å². The smallest absolute Gasteiger partial charge is 0.118 e. The van der Waals surface area contributed by atoms with Gasteiger partial charge in [0.15, 0.2) is 0 Å². The summed E-state index contributed by atoms with van der Waals surface area (Å²) in [6.07, 6.45) is 3.34. The van der Waals surface area contributed by atoms with Gasteiger partial charge in [0.2, 0.25) is 0 Å². The van der Waals surface area contributed by atoms with Gasteiger partial charge in [-0.2, -0.15) is 0 Å². The fourth-order valence-electron chi connectivity index (χ4n) is 4.38. The lowest BCUT2D eigenvalue weighted by Crippen LogP contribution is -2.36. The fraction of sp³-hybridized carbons (Fsp3) is 0.520. The molecule has 2 aromatic carbocycles. The van der Waals surface area contributed by atoms with Crippen LogP contribution in [-0.4, -0.2) is 33.0 Å². The molecule has 1 heterocycles. The van der Waals surface area contributed by atoms with E-state index < -0.39 is 0 Å². The zero-order valence-electron chi connectivity index (χ0n) is 18.2. The van der Waals surface area contributed by atoms with Crippen molar-refractivity contribution in [3.63, 3.8) is 0 Å². The van der Waals surface area contributed by atoms with Crippen LogP contribution in [0.4, 0.5) is 0 Å². The number of benzene rings is 2. The maximum Gasteiger partial charge on any atom is 0.118 e. The van der Waals surface area contributed by atoms with Gasteiger partial charge in [-0.3, -0.25) is 0 Å². The quantitative estimate of drug-likeness (QED) is 0.593. The summed E-state index contributed by atoms with van der Waals surface area (Å²) in [6, 6.07) is 16.9. The number of methoxy groups -OCH3 is 2. The molecule has 1 saturated heterocycles. The number of nitrogens with one attached hydrogen (secondary N) is 1. The molecule has 1 N–H and O–H groups in total. The Morgan fingerprint density at radius 1 is 1.00 bits per heavy atom. The average molecular weight is 398 g/mol. The first kappa shape index (κ1) is 21.7. The molecule has 29 heavy (non-hydrogen) atoms. The van der Waals surface area contributed by atoms with Crippen molar-refractivity contribution < 1.29 is 14.2 Å². The first-order valence-electron chi connectivity index (χ1n) is 10.6. The summed E-state index contributed by atoms with van der Waals surface area (Å²) < 4.78 is 16.6. The van der Waals surface area contributed by atoms with Crippen LogP contribution in [0.3, 0.4) is 0 Å². The van der Waals surface area contributed by atoms with Crippen molar-refractivity contribution in [1.82, 2.24) is 5.32 Å². The van der Waals surface area contributed by atoms with Crippen LogP contribution in [0.15, 0.2) is 48.5 Å². The van der Waals surface area contributed by atoms with E-state index in [9.17, 15) is 0 Å². The Hall–Kier alpha value is -2.04. The molecule has 1 aliphatic rings. The maximum absolute atomic E-state index is 5.97. The minimum atomic E-state index is -0.0375. The predicted molar refractivity (Wildman–Crippen MR) is 118 cm³/mol. The second-order valence-corrected chi connectivity index (χ2v) is 8.55. The van der Waals surface area contributed by atoms with Gasteiger partial charge in [-0.05, 0) is 86.9 Å². The first-order valence-corrected chi connectivity index (χ1v) is 10.6. The van der Waals surface area contributed by atoms with E-state index in [-0.39, 0.29) is 5.60 Å². The minimum absolute atomic E-state index is 0.0375. The molecule has 2 atom stereocenters. The molecule has 0 spiro atoms. The van der Waals surface area contributed by atoms with Gasteiger partial charge in [-0.25, -0.2) is 0 Å². The zero-order valence-corrected chi connectivity index (χ0v) is 18.2. The molecule has 1 fully saturated rings. The van der Waals surface area contributed by atoms with Crippen LogP contribution in [-0.2, 0) is 11.3 Å². The third-order valence-corrected chi connectivity index (χ3v) is 5.97. The van der Waals surface area contributed by atoms with E-state index in [1.165, 1.54) is 11.1 Å². The van der Waals surface area contributed by atoms with Crippen molar-refractivity contribution in [3.05, 3.63) is 59.7 Å². The van der Waals surface area contributed by atoms with E-state index in [1.807, 2.05) is 12.1 Å². The highest BCUT2D eigenvalue weighted by Crippen LogP contribution is 2.40. The molecule has 0 unspecified atom stereocenters. The lowest BCUT2D eigenvalue weighted by Gasteiger charge is -2.39. The molecule has 0 saturated carbocycles. The standard InChI is InChI=1S/C25H35NO3/c1-25(2)17-21(14-16-29-25)24(20-7-11-23(28-4)12-8-20)13-15-26-18-19-5-9-22(27-3)10-6-19/h5-12,21,24,26H,13-18H2,1-4H3/t21-,24-/m1/s1. The van der Waals surface area contributed by atoms with E-state index in [0.29, 0.717) is 11.8 Å². The minimum Gasteiger partial charge on any atom is -0.497 e. The summed E-state index contributed by atoms with van der Waals surface area (Å²) in [4.78, 5) is 0. The summed E-state index contributed by atoms with van der Waals surface area (Å²) in [6.45, 7) is 7.14. The topological polar surface area (TPSA) is 39.7 Å². The molecule has 1 aliphatic heterocycles. The van der Waals surface area contributed by atoms with Crippen molar-refractivity contribution in [2.24, 2.45) is 5.92 Å². The highest BCUT2D eigenvalue weighted by atomic mass is 16.5. The fourth-order valence-corrected chi connectivity index (χ4v) is 4.38. The largest absolute Gasteiger partial charge is 0.497 e. The van der Waals surface area contributed by atoms with E-state index in [4.69, 9.17) is 14.2 Å². The Morgan fingerprint density at radius 3 is 2.21 bits per heavy atom. The molecule has 0 aromatic heterocycles. The summed E-state index contributed by atoms with van der Waals surface area (Å²) in [5, 5.41) is 3.63. The molecule has 3 rings (SSSR count). The Labute approximate surface area is 175 Å². The second kappa shape index (κ2) is 10.1. The Kier molecular flexibility index (Phi) is 7.57. The lowest BCUT2D eigenvalue weighted by atomic mass is 9.75. The Morgan fingerprint density at radius 2 is 1.62 bits per heavy atom. The van der Waals surface area contributed by atoms with Gasteiger partial charge in [0, 0.05) is 13.2 Å². The molecule has 0 radical (unpaired) electrons. The van der Waals surface area contributed by atoms with Crippen molar-refractivity contribution in [2.75, 3.05) is 27.4 Å². The first-order chi connectivity index (χ1) is 14.0. The van der Waals surface area contributed by atoms with E-state index in [1.54, 1.807) is 14.2 Å². The monoisotopic (exact) mass is 397 g/mol. The van der Waals surface area contributed by atoms with Gasteiger partial charge in [0.1, 0.15) is 11.5 Å².